The first-order valence-electron chi connectivity index (χ1n) is 2.70. The van der Waals surface area contributed by atoms with Gasteiger partial charge in [0.15, 0.2) is 0 Å². The molecule has 0 bridgehead atoms. The lowest BCUT2D eigenvalue weighted by Crippen LogP contribution is -1.82. The van der Waals surface area contributed by atoms with E-state index in [0.717, 1.165) is 0 Å². The van der Waals surface area contributed by atoms with Gasteiger partial charge in [-0.1, -0.05) is 6.92 Å². The van der Waals surface area contributed by atoms with Crippen molar-refractivity contribution in [3.63, 3.8) is 0 Å². The van der Waals surface area contributed by atoms with Gasteiger partial charge in [0.05, 0.1) is 5.54 Å². The fourth-order valence-corrected chi connectivity index (χ4v) is 1.45. The van der Waals surface area contributed by atoms with Crippen molar-refractivity contribution in [3.8, 4) is 0 Å². The Kier molecular flexibility index (Phi) is 0.299. The fourth-order valence-electron chi connectivity index (χ4n) is 1.45. The Morgan fingerprint density at radius 1 is 1.57 bits per heavy atom. The Morgan fingerprint density at radius 2 is 2.00 bits per heavy atom. The summed E-state index contributed by atoms with van der Waals surface area (Å²) in [6, 6.07) is 0. The molecule has 2 aliphatic rings. The van der Waals surface area contributed by atoms with Gasteiger partial charge in [-0.15, -0.1) is 0 Å². The van der Waals surface area contributed by atoms with Gasteiger partial charge in [0, 0.05) is 0 Å². The zero-order valence-electron chi connectivity index (χ0n) is 4.57. The van der Waals surface area contributed by atoms with Crippen LogP contribution in [-0.4, -0.2) is 12.3 Å². The van der Waals surface area contributed by atoms with Crippen molar-refractivity contribution < 1.29 is 0 Å². The second-order valence-corrected chi connectivity index (χ2v) is 3.10. The van der Waals surface area contributed by atoms with Crippen LogP contribution in [0.1, 0.15) is 19.8 Å². The molecule has 2 fully saturated rings. The molecule has 0 aliphatic heterocycles. The highest BCUT2D eigenvalue weighted by atomic mass is 15.1. The van der Waals surface area contributed by atoms with E-state index in [2.05, 4.69) is 18.6 Å². The third-order valence-electron chi connectivity index (χ3n) is 2.54. The molecule has 0 amide bonds. The lowest BCUT2D eigenvalue weighted by Gasteiger charge is -1.85. The maximum atomic E-state index is 4.03. The van der Waals surface area contributed by atoms with Gasteiger partial charge in [0.2, 0.25) is 0 Å². The second-order valence-electron chi connectivity index (χ2n) is 3.10. The predicted molar refractivity (Wildman–Crippen MR) is 29.6 cm³/mol. The molecule has 1 nitrogen and oxygen atoms in total. The lowest BCUT2D eigenvalue weighted by molar-refractivity contribution is 0.712. The minimum Gasteiger partial charge on any atom is -0.294 e. The average Bonchev–Trinajstić information content (AvgIpc) is 2.24. The van der Waals surface area contributed by atoms with E-state index in [4.69, 9.17) is 0 Å². The van der Waals surface area contributed by atoms with Crippen molar-refractivity contribution in [1.82, 2.24) is 0 Å². The molecule has 0 heterocycles. The molecule has 0 saturated heterocycles. The van der Waals surface area contributed by atoms with Gasteiger partial charge in [0.1, 0.15) is 0 Å². The number of fused-ring (bicyclic) bond motifs is 1. The molecule has 2 rings (SSSR count). The maximum absolute atomic E-state index is 4.03. The largest absolute Gasteiger partial charge is 0.294 e. The molecule has 0 aromatic heterocycles. The molecule has 0 spiro atoms. The molecule has 0 aromatic rings. The van der Waals surface area contributed by atoms with E-state index < -0.39 is 0 Å². The Bertz CT molecular complexity index is 131. The van der Waals surface area contributed by atoms with E-state index in [9.17, 15) is 0 Å². The van der Waals surface area contributed by atoms with Crippen LogP contribution in [-0.2, 0) is 0 Å². The van der Waals surface area contributed by atoms with Gasteiger partial charge in [-0.3, -0.25) is 4.99 Å². The Hall–Kier alpha value is -0.330. The van der Waals surface area contributed by atoms with E-state index in [1.54, 1.807) is 0 Å². The molecule has 0 aromatic carbocycles. The molecular weight excluding hydrogens is 86.1 g/mol. The van der Waals surface area contributed by atoms with Crippen molar-refractivity contribution in [1.29, 1.82) is 0 Å². The molecule has 7 heavy (non-hydrogen) atoms. The molecule has 2 aliphatic carbocycles. The van der Waals surface area contributed by atoms with Crippen LogP contribution in [0.3, 0.4) is 0 Å². The molecule has 38 valence electrons. The molecule has 2 saturated carbocycles. The van der Waals surface area contributed by atoms with E-state index in [1.165, 1.54) is 12.8 Å². The van der Waals surface area contributed by atoms with Crippen molar-refractivity contribution in [2.75, 3.05) is 0 Å². The van der Waals surface area contributed by atoms with E-state index in [0.29, 0.717) is 11.0 Å². The quantitative estimate of drug-likeness (QED) is 0.434. The minimum atomic E-state index is 0.410. The number of hydrogen-bond donors (Lipinski definition) is 0. The summed E-state index contributed by atoms with van der Waals surface area (Å²) in [6.07, 6.45) is 2.62. The third-order valence-corrected chi connectivity index (χ3v) is 2.54. The Balaban J connectivity index is 2.28. The van der Waals surface area contributed by atoms with Gasteiger partial charge in [-0.05, 0) is 25.0 Å². The number of aliphatic imine (C=N–C) groups is 1. The van der Waals surface area contributed by atoms with Gasteiger partial charge < -0.3 is 0 Å². The van der Waals surface area contributed by atoms with Crippen LogP contribution in [0.4, 0.5) is 0 Å². The van der Waals surface area contributed by atoms with Gasteiger partial charge in [-0.2, -0.15) is 0 Å². The van der Waals surface area contributed by atoms with Crippen LogP contribution in [0.15, 0.2) is 4.99 Å². The highest BCUT2D eigenvalue weighted by Gasteiger charge is 2.80. The van der Waals surface area contributed by atoms with E-state index >= 15 is 0 Å². The fraction of sp³-hybridized carbons (Fsp3) is 0.833. The molecule has 0 unspecified atom stereocenters. The summed E-state index contributed by atoms with van der Waals surface area (Å²) >= 11 is 0. The van der Waals surface area contributed by atoms with Crippen LogP contribution in [0.2, 0.25) is 0 Å². The summed E-state index contributed by atoms with van der Waals surface area (Å²) in [5.74, 6) is 0. The maximum Gasteiger partial charge on any atom is 0.0668 e. The van der Waals surface area contributed by atoms with Crippen LogP contribution < -0.4 is 0 Å². The summed E-state index contributed by atoms with van der Waals surface area (Å²) in [5.41, 5.74) is 1.04. The van der Waals surface area contributed by atoms with Crippen LogP contribution in [0.5, 0.6) is 0 Å². The van der Waals surface area contributed by atoms with Crippen LogP contribution in [0.25, 0.3) is 0 Å². The van der Waals surface area contributed by atoms with Crippen molar-refractivity contribution in [2.24, 2.45) is 10.4 Å². The number of rotatable bonds is 1. The predicted octanol–water partition coefficient (Wildman–Crippen LogP) is 1.24. The van der Waals surface area contributed by atoms with Crippen LogP contribution in [0, 0.1) is 5.41 Å². The van der Waals surface area contributed by atoms with Crippen molar-refractivity contribution in [2.45, 2.75) is 25.3 Å². The first kappa shape index (κ1) is 3.65. The summed E-state index contributed by atoms with van der Waals surface area (Å²) in [7, 11) is 0. The highest BCUT2D eigenvalue weighted by molar-refractivity contribution is 5.43. The highest BCUT2D eigenvalue weighted by Crippen LogP contribution is 2.80. The zero-order chi connectivity index (χ0) is 5.12. The third kappa shape index (κ3) is 0.197. The Labute approximate surface area is 43.4 Å². The molecule has 0 radical (unpaired) electrons. The molecular formula is C6H9N. The van der Waals surface area contributed by atoms with E-state index in [-0.39, 0.29) is 0 Å². The lowest BCUT2D eigenvalue weighted by atomic mass is 10.3. The molecule has 0 atom stereocenters. The normalized spacial score (nSPS) is 63.6. The zero-order valence-corrected chi connectivity index (χ0v) is 4.57. The topological polar surface area (TPSA) is 12.4 Å². The first-order chi connectivity index (χ1) is 3.22. The minimum absolute atomic E-state index is 0.410. The summed E-state index contributed by atoms with van der Waals surface area (Å²) in [5, 5.41) is 0. The summed E-state index contributed by atoms with van der Waals surface area (Å²) in [6.45, 7) is 5.81. The average molecular weight is 95.1 g/mol. The summed E-state index contributed by atoms with van der Waals surface area (Å²) < 4.78 is 0. The second kappa shape index (κ2) is 0.575. The van der Waals surface area contributed by atoms with Gasteiger partial charge >= 0.3 is 0 Å². The van der Waals surface area contributed by atoms with Crippen molar-refractivity contribution in [3.05, 3.63) is 0 Å². The van der Waals surface area contributed by atoms with E-state index in [1.807, 2.05) is 0 Å². The number of hydrogen-bond acceptors (Lipinski definition) is 1. The first-order valence-corrected chi connectivity index (χ1v) is 2.70. The number of nitrogens with zero attached hydrogens (tertiary/aromatic N) is 1. The standard InChI is InChI=1S/C6H9N/c1-5-3-6(5,4-5)7-2/h2-4H2,1H3. The smallest absolute Gasteiger partial charge is 0.0668 e. The van der Waals surface area contributed by atoms with Crippen molar-refractivity contribution >= 4 is 6.72 Å². The monoisotopic (exact) mass is 95.1 g/mol. The van der Waals surface area contributed by atoms with Gasteiger partial charge in [-0.25, -0.2) is 0 Å². The molecule has 1 heteroatoms. The van der Waals surface area contributed by atoms with Gasteiger partial charge in [0.25, 0.3) is 0 Å². The molecule has 0 N–H and O–H groups in total. The summed E-state index contributed by atoms with van der Waals surface area (Å²) in [4.78, 5) is 4.03. The Morgan fingerprint density at radius 3 is 2.00 bits per heavy atom. The SMILES string of the molecule is C=NC12CC1(C)C2. The van der Waals surface area contributed by atoms with Crippen LogP contribution >= 0.6 is 0 Å².